The number of fused-ring (bicyclic) bond motifs is 3. The number of thiazole rings is 1. The molecule has 1 aliphatic heterocycles. The second-order valence-electron chi connectivity index (χ2n) is 10.6. The highest BCUT2D eigenvalue weighted by Crippen LogP contribution is 2.50. The number of rotatable bonds is 5. The standard InChI is InChI=1S/C24H29N9O2S/c1-23(2)8-12-9-27-21(25)29-16(12)17-15(23)18(32-31-17)19(34)30-22-28-14(11-36-22)24(5-6-24)20(35)33-7-4-13(10-33)26-3/h9,11,13,26H,4-8,10H2,1-3H3,(H,31,32)(H2,25,27,29)(H,28,30,34). The number of carbonyl (C=O) groups excluding carboxylic acids is 2. The van der Waals surface area contributed by atoms with Gasteiger partial charge in [-0.2, -0.15) is 5.10 Å². The van der Waals surface area contributed by atoms with Gasteiger partial charge in [0, 0.05) is 36.3 Å². The van der Waals surface area contributed by atoms with Crippen molar-refractivity contribution in [2.75, 3.05) is 31.2 Å². The molecule has 1 unspecified atom stereocenters. The predicted octanol–water partition coefficient (Wildman–Crippen LogP) is 1.84. The Hall–Kier alpha value is -3.38. The van der Waals surface area contributed by atoms with Crippen molar-refractivity contribution in [3.8, 4) is 11.4 Å². The Bertz CT molecular complexity index is 1370. The second kappa shape index (κ2) is 8.07. The summed E-state index contributed by atoms with van der Waals surface area (Å²) in [4.78, 5) is 41.8. The molecule has 4 heterocycles. The molecular weight excluding hydrogens is 478 g/mol. The Morgan fingerprint density at radius 2 is 2.06 bits per heavy atom. The van der Waals surface area contributed by atoms with Crippen molar-refractivity contribution in [3.05, 3.63) is 34.1 Å². The number of hydrogen-bond donors (Lipinski definition) is 4. The zero-order valence-corrected chi connectivity index (χ0v) is 21.3. The topological polar surface area (TPSA) is 155 Å². The molecule has 5 N–H and O–H groups in total. The number of aromatic amines is 1. The number of H-pyrrole nitrogens is 1. The molecule has 3 aromatic rings. The zero-order valence-electron chi connectivity index (χ0n) is 20.5. The molecule has 11 nitrogen and oxygen atoms in total. The fourth-order valence-electron chi connectivity index (χ4n) is 5.55. The summed E-state index contributed by atoms with van der Waals surface area (Å²) < 4.78 is 0. The van der Waals surface area contributed by atoms with Crippen LogP contribution in [0.25, 0.3) is 11.4 Å². The number of likely N-dealkylation sites (tertiary alicyclic amines) is 1. The van der Waals surface area contributed by atoms with E-state index < -0.39 is 5.41 Å². The van der Waals surface area contributed by atoms with E-state index >= 15 is 0 Å². The Kier molecular flexibility index (Phi) is 5.16. The summed E-state index contributed by atoms with van der Waals surface area (Å²) in [5, 5.41) is 15.9. The van der Waals surface area contributed by atoms with Crippen LogP contribution < -0.4 is 16.4 Å². The molecule has 2 fully saturated rings. The summed E-state index contributed by atoms with van der Waals surface area (Å²) in [5.41, 5.74) is 9.04. The average Bonchev–Trinajstić information content (AvgIpc) is 3.23. The molecule has 0 spiro atoms. The van der Waals surface area contributed by atoms with Crippen LogP contribution in [0, 0.1) is 0 Å². The highest BCUT2D eigenvalue weighted by Gasteiger charge is 2.55. The SMILES string of the molecule is CNC1CCN(C(=O)C2(c3csc(NC(=O)c4[nH]nc5c4C(C)(C)Cc4cnc(N)nc4-5)n3)CC2)C1. The quantitative estimate of drug-likeness (QED) is 0.408. The lowest BCUT2D eigenvalue weighted by molar-refractivity contribution is -0.133. The van der Waals surface area contributed by atoms with Crippen molar-refractivity contribution in [1.82, 2.24) is 35.4 Å². The van der Waals surface area contributed by atoms with Crippen LogP contribution in [-0.4, -0.2) is 68.0 Å². The molecule has 36 heavy (non-hydrogen) atoms. The number of nitrogens with zero attached hydrogens (tertiary/aromatic N) is 5. The van der Waals surface area contributed by atoms with Crippen molar-refractivity contribution >= 4 is 34.2 Å². The lowest BCUT2D eigenvalue weighted by atomic mass is 9.73. The Morgan fingerprint density at radius 3 is 2.78 bits per heavy atom. The van der Waals surface area contributed by atoms with E-state index in [4.69, 9.17) is 5.73 Å². The molecule has 2 amide bonds. The fraction of sp³-hybridized carbons (Fsp3) is 0.500. The van der Waals surface area contributed by atoms with Crippen molar-refractivity contribution < 1.29 is 9.59 Å². The summed E-state index contributed by atoms with van der Waals surface area (Å²) in [6.45, 7) is 5.63. The summed E-state index contributed by atoms with van der Waals surface area (Å²) in [6.07, 6.45) is 4.92. The molecule has 6 rings (SSSR count). The van der Waals surface area contributed by atoms with Crippen LogP contribution in [0.3, 0.4) is 0 Å². The third-order valence-corrected chi connectivity index (χ3v) is 8.43. The number of nitrogens with two attached hydrogens (primary N) is 1. The minimum absolute atomic E-state index is 0.146. The molecule has 12 heteroatoms. The van der Waals surface area contributed by atoms with Crippen molar-refractivity contribution in [1.29, 1.82) is 0 Å². The van der Waals surface area contributed by atoms with Gasteiger partial charge in [-0.3, -0.25) is 20.0 Å². The van der Waals surface area contributed by atoms with Gasteiger partial charge in [-0.05, 0) is 43.7 Å². The number of likely N-dealkylation sites (N-methyl/N-ethyl adjacent to an activating group) is 1. The molecule has 0 bridgehead atoms. The first kappa shape index (κ1) is 23.0. The number of hydrogen-bond acceptors (Lipinski definition) is 9. The maximum atomic E-state index is 13.3. The second-order valence-corrected chi connectivity index (χ2v) is 11.4. The van der Waals surface area contributed by atoms with Crippen LogP contribution in [-0.2, 0) is 22.0 Å². The molecule has 3 aliphatic rings. The summed E-state index contributed by atoms with van der Waals surface area (Å²) >= 11 is 1.34. The van der Waals surface area contributed by atoms with Crippen LogP contribution in [0.4, 0.5) is 11.1 Å². The first-order valence-corrected chi connectivity index (χ1v) is 13.0. The third kappa shape index (κ3) is 3.58. The van der Waals surface area contributed by atoms with E-state index in [9.17, 15) is 9.59 Å². The zero-order chi connectivity index (χ0) is 25.2. The van der Waals surface area contributed by atoms with Gasteiger partial charge >= 0.3 is 0 Å². The van der Waals surface area contributed by atoms with E-state index in [1.807, 2.05) is 17.3 Å². The lowest BCUT2D eigenvalue weighted by Gasteiger charge is -2.30. The normalized spacial score (nSPS) is 21.1. The molecule has 1 saturated carbocycles. The van der Waals surface area contributed by atoms with Gasteiger partial charge in [0.05, 0.1) is 16.8 Å². The van der Waals surface area contributed by atoms with Crippen molar-refractivity contribution in [2.45, 2.75) is 56.4 Å². The minimum Gasteiger partial charge on any atom is -0.368 e. The molecule has 0 aromatic carbocycles. The van der Waals surface area contributed by atoms with Crippen molar-refractivity contribution in [3.63, 3.8) is 0 Å². The third-order valence-electron chi connectivity index (χ3n) is 7.67. The van der Waals surface area contributed by atoms with Crippen LogP contribution >= 0.6 is 11.3 Å². The highest BCUT2D eigenvalue weighted by atomic mass is 32.1. The Balaban J connectivity index is 1.23. The van der Waals surface area contributed by atoms with E-state index in [1.54, 1.807) is 6.20 Å². The average molecular weight is 508 g/mol. The molecule has 1 atom stereocenters. The smallest absolute Gasteiger partial charge is 0.275 e. The van der Waals surface area contributed by atoms with E-state index in [2.05, 4.69) is 49.6 Å². The van der Waals surface area contributed by atoms with Crippen LogP contribution in [0.2, 0.25) is 0 Å². The van der Waals surface area contributed by atoms with Gasteiger partial charge in [0.25, 0.3) is 5.91 Å². The number of nitrogen functional groups attached to an aromatic ring is 1. The summed E-state index contributed by atoms with van der Waals surface area (Å²) in [5.74, 6) is -0.00814. The van der Waals surface area contributed by atoms with Gasteiger partial charge in [0.15, 0.2) is 5.13 Å². The fourth-order valence-corrected chi connectivity index (χ4v) is 6.36. The van der Waals surface area contributed by atoms with Gasteiger partial charge in [0.2, 0.25) is 11.9 Å². The number of carbonyl (C=O) groups is 2. The maximum absolute atomic E-state index is 13.3. The van der Waals surface area contributed by atoms with Gasteiger partial charge < -0.3 is 16.0 Å². The number of anilines is 2. The highest BCUT2D eigenvalue weighted by molar-refractivity contribution is 7.14. The summed E-state index contributed by atoms with van der Waals surface area (Å²) in [6, 6.07) is 0.342. The predicted molar refractivity (Wildman–Crippen MR) is 136 cm³/mol. The first-order chi connectivity index (χ1) is 17.2. The van der Waals surface area contributed by atoms with E-state index in [1.165, 1.54) is 11.3 Å². The van der Waals surface area contributed by atoms with Crippen molar-refractivity contribution in [2.24, 2.45) is 0 Å². The Labute approximate surface area is 212 Å². The molecule has 188 valence electrons. The maximum Gasteiger partial charge on any atom is 0.275 e. The summed E-state index contributed by atoms with van der Waals surface area (Å²) in [7, 11) is 1.93. The van der Waals surface area contributed by atoms with Gasteiger partial charge in [-0.25, -0.2) is 15.0 Å². The van der Waals surface area contributed by atoms with E-state index in [0.29, 0.717) is 34.7 Å². The van der Waals surface area contributed by atoms with Crippen LogP contribution in [0.15, 0.2) is 11.6 Å². The van der Waals surface area contributed by atoms with Crippen LogP contribution in [0.1, 0.15) is 60.4 Å². The molecule has 3 aromatic heterocycles. The Morgan fingerprint density at radius 1 is 1.25 bits per heavy atom. The van der Waals surface area contributed by atoms with Crippen LogP contribution in [0.5, 0.6) is 0 Å². The van der Waals surface area contributed by atoms with E-state index in [-0.39, 0.29) is 23.2 Å². The molecular formula is C24H29N9O2S. The minimum atomic E-state index is -0.555. The van der Waals surface area contributed by atoms with Gasteiger partial charge in [0.1, 0.15) is 11.4 Å². The molecule has 0 radical (unpaired) electrons. The largest absolute Gasteiger partial charge is 0.368 e. The van der Waals surface area contributed by atoms with Gasteiger partial charge in [-0.15, -0.1) is 11.3 Å². The number of nitrogens with one attached hydrogen (secondary N) is 3. The molecule has 2 aliphatic carbocycles. The molecule has 1 saturated heterocycles. The number of aromatic nitrogens is 5. The van der Waals surface area contributed by atoms with E-state index in [0.717, 1.165) is 49.2 Å². The monoisotopic (exact) mass is 507 g/mol. The first-order valence-electron chi connectivity index (χ1n) is 12.2. The lowest BCUT2D eigenvalue weighted by Crippen LogP contribution is -2.40. The van der Waals surface area contributed by atoms with Gasteiger partial charge in [-0.1, -0.05) is 13.8 Å². The number of amides is 2.